The third-order valence-electron chi connectivity index (χ3n) is 2.45. The number of nitrogens with one attached hydrogen (secondary N) is 1. The summed E-state index contributed by atoms with van der Waals surface area (Å²) in [6.07, 6.45) is 4.51. The summed E-state index contributed by atoms with van der Waals surface area (Å²) in [5.41, 5.74) is 5.35. The molecule has 0 unspecified atom stereocenters. The molecule has 3 N–H and O–H groups in total. The topological polar surface area (TPSA) is 53.1 Å². The smallest absolute Gasteiger partial charge is 0.0918 e. The van der Waals surface area contributed by atoms with Gasteiger partial charge in [-0.1, -0.05) is 19.8 Å². The van der Waals surface area contributed by atoms with E-state index in [2.05, 4.69) is 25.7 Å². The molecule has 3 nitrogen and oxygen atoms in total. The number of nitrogens with zero attached hydrogens (tertiary/aromatic N) is 1. The lowest BCUT2D eigenvalue weighted by atomic mass is 10.2. The Morgan fingerprint density at radius 2 is 1.93 bits per heavy atom. The second kappa shape index (κ2) is 7.80. The average Bonchev–Trinajstić information content (AvgIpc) is 2.10. The highest BCUT2D eigenvalue weighted by Crippen LogP contribution is 2.04. The first-order valence-corrected chi connectivity index (χ1v) is 5.64. The van der Waals surface area contributed by atoms with Crippen LogP contribution in [0.5, 0.6) is 0 Å². The average molecular weight is 199 g/mol. The normalized spacial score (nSPS) is 11.2. The van der Waals surface area contributed by atoms with Crippen LogP contribution >= 0.6 is 0 Å². The summed E-state index contributed by atoms with van der Waals surface area (Å²) in [6.45, 7) is 8.68. The highest BCUT2D eigenvalue weighted by molar-refractivity contribution is 5.76. The SMILES string of the molecule is CCCCCN(CCC(=N)N)C(C)C. The van der Waals surface area contributed by atoms with Crippen molar-refractivity contribution >= 4 is 5.84 Å². The van der Waals surface area contributed by atoms with Crippen LogP contribution in [0.15, 0.2) is 0 Å². The molecule has 0 aromatic carbocycles. The molecule has 0 fully saturated rings. The van der Waals surface area contributed by atoms with E-state index in [1.54, 1.807) is 0 Å². The molecule has 0 amide bonds. The van der Waals surface area contributed by atoms with E-state index < -0.39 is 0 Å². The Hall–Kier alpha value is -0.570. The van der Waals surface area contributed by atoms with Crippen LogP contribution in [0, 0.1) is 5.41 Å². The van der Waals surface area contributed by atoms with Crippen molar-refractivity contribution < 1.29 is 0 Å². The monoisotopic (exact) mass is 199 g/mol. The lowest BCUT2D eigenvalue weighted by molar-refractivity contribution is 0.223. The van der Waals surface area contributed by atoms with Gasteiger partial charge in [-0.2, -0.15) is 0 Å². The second-order valence-corrected chi connectivity index (χ2v) is 4.11. The summed E-state index contributed by atoms with van der Waals surface area (Å²) in [5, 5.41) is 7.19. The van der Waals surface area contributed by atoms with E-state index in [-0.39, 0.29) is 0 Å². The third-order valence-corrected chi connectivity index (χ3v) is 2.45. The summed E-state index contributed by atoms with van der Waals surface area (Å²) in [7, 11) is 0. The molecule has 0 aliphatic rings. The van der Waals surface area contributed by atoms with Crippen LogP contribution < -0.4 is 5.73 Å². The highest BCUT2D eigenvalue weighted by Gasteiger charge is 2.08. The molecule has 0 bridgehead atoms. The summed E-state index contributed by atoms with van der Waals surface area (Å²) >= 11 is 0. The van der Waals surface area contributed by atoms with Crippen molar-refractivity contribution in [2.24, 2.45) is 5.73 Å². The highest BCUT2D eigenvalue weighted by atomic mass is 15.1. The molecule has 0 rings (SSSR count). The predicted molar refractivity (Wildman–Crippen MR) is 62.8 cm³/mol. The summed E-state index contributed by atoms with van der Waals surface area (Å²) in [5.74, 6) is 0.297. The van der Waals surface area contributed by atoms with Crippen LogP contribution in [0.1, 0.15) is 46.5 Å². The maximum Gasteiger partial charge on any atom is 0.0918 e. The molecule has 84 valence electrons. The van der Waals surface area contributed by atoms with Crippen LogP contribution in [-0.2, 0) is 0 Å². The summed E-state index contributed by atoms with van der Waals surface area (Å²) in [4.78, 5) is 2.40. The molecule has 0 heterocycles. The van der Waals surface area contributed by atoms with Gasteiger partial charge in [-0.15, -0.1) is 0 Å². The Balaban J connectivity index is 3.72. The zero-order valence-electron chi connectivity index (χ0n) is 9.84. The van der Waals surface area contributed by atoms with Crippen molar-refractivity contribution in [3.8, 4) is 0 Å². The van der Waals surface area contributed by atoms with Gasteiger partial charge in [0.1, 0.15) is 0 Å². The lowest BCUT2D eigenvalue weighted by Gasteiger charge is -2.26. The number of hydrogen-bond donors (Lipinski definition) is 2. The molecule has 0 atom stereocenters. The zero-order chi connectivity index (χ0) is 11.0. The van der Waals surface area contributed by atoms with Gasteiger partial charge in [0.05, 0.1) is 5.84 Å². The van der Waals surface area contributed by atoms with E-state index in [0.717, 1.165) is 13.1 Å². The van der Waals surface area contributed by atoms with Gasteiger partial charge in [0.25, 0.3) is 0 Å². The van der Waals surface area contributed by atoms with E-state index in [1.165, 1.54) is 19.3 Å². The van der Waals surface area contributed by atoms with E-state index in [9.17, 15) is 0 Å². The maximum atomic E-state index is 7.19. The number of nitrogens with two attached hydrogens (primary N) is 1. The van der Waals surface area contributed by atoms with Crippen LogP contribution in [0.2, 0.25) is 0 Å². The van der Waals surface area contributed by atoms with Crippen LogP contribution in [0.3, 0.4) is 0 Å². The number of unbranched alkanes of at least 4 members (excludes halogenated alkanes) is 2. The fourth-order valence-corrected chi connectivity index (χ4v) is 1.46. The van der Waals surface area contributed by atoms with Gasteiger partial charge in [-0.05, 0) is 26.8 Å². The minimum atomic E-state index is 0.297. The van der Waals surface area contributed by atoms with Crippen molar-refractivity contribution in [3.05, 3.63) is 0 Å². The van der Waals surface area contributed by atoms with E-state index in [0.29, 0.717) is 18.3 Å². The Kier molecular flexibility index (Phi) is 7.48. The third kappa shape index (κ3) is 6.89. The van der Waals surface area contributed by atoms with Gasteiger partial charge >= 0.3 is 0 Å². The first-order valence-electron chi connectivity index (χ1n) is 5.64. The van der Waals surface area contributed by atoms with Crippen LogP contribution in [-0.4, -0.2) is 29.9 Å². The Bertz CT molecular complexity index is 155. The van der Waals surface area contributed by atoms with Crippen molar-refractivity contribution in [1.82, 2.24) is 4.90 Å². The largest absolute Gasteiger partial charge is 0.388 e. The maximum absolute atomic E-state index is 7.19. The van der Waals surface area contributed by atoms with Crippen molar-refractivity contribution in [2.75, 3.05) is 13.1 Å². The molecule has 0 aliphatic carbocycles. The first kappa shape index (κ1) is 13.4. The van der Waals surface area contributed by atoms with E-state index in [1.807, 2.05) is 0 Å². The van der Waals surface area contributed by atoms with Gasteiger partial charge in [0.15, 0.2) is 0 Å². The van der Waals surface area contributed by atoms with Crippen LogP contribution in [0.4, 0.5) is 0 Å². The molecular weight excluding hydrogens is 174 g/mol. The minimum absolute atomic E-state index is 0.297. The van der Waals surface area contributed by atoms with E-state index >= 15 is 0 Å². The van der Waals surface area contributed by atoms with Gasteiger partial charge in [-0.25, -0.2) is 0 Å². The Labute approximate surface area is 88.2 Å². The van der Waals surface area contributed by atoms with Gasteiger partial charge < -0.3 is 10.6 Å². The predicted octanol–water partition coefficient (Wildman–Crippen LogP) is 2.21. The standard InChI is InChI=1S/C11H25N3/c1-4-5-6-8-14(10(2)3)9-7-11(12)13/h10H,4-9H2,1-3H3,(H3,12,13). The second-order valence-electron chi connectivity index (χ2n) is 4.11. The molecule has 0 aromatic rings. The molecule has 0 spiro atoms. The fraction of sp³-hybridized carbons (Fsp3) is 0.909. The van der Waals surface area contributed by atoms with Crippen molar-refractivity contribution in [2.45, 2.75) is 52.5 Å². The fourth-order valence-electron chi connectivity index (χ4n) is 1.46. The van der Waals surface area contributed by atoms with Gasteiger partial charge in [0, 0.05) is 19.0 Å². The minimum Gasteiger partial charge on any atom is -0.388 e. The van der Waals surface area contributed by atoms with Gasteiger partial charge in [0.2, 0.25) is 0 Å². The zero-order valence-corrected chi connectivity index (χ0v) is 9.84. The first-order chi connectivity index (χ1) is 6.57. The van der Waals surface area contributed by atoms with E-state index in [4.69, 9.17) is 11.1 Å². The summed E-state index contributed by atoms with van der Waals surface area (Å²) in [6, 6.07) is 0.561. The Morgan fingerprint density at radius 1 is 1.29 bits per heavy atom. The lowest BCUT2D eigenvalue weighted by Crippen LogP contribution is -2.34. The molecule has 0 aromatic heterocycles. The number of amidine groups is 1. The van der Waals surface area contributed by atoms with Crippen molar-refractivity contribution in [1.29, 1.82) is 5.41 Å². The molecule has 0 aliphatic heterocycles. The quantitative estimate of drug-likeness (QED) is 0.358. The molecule has 0 saturated carbocycles. The number of rotatable bonds is 8. The summed E-state index contributed by atoms with van der Waals surface area (Å²) < 4.78 is 0. The molecule has 0 radical (unpaired) electrons. The molecule has 3 heteroatoms. The molecular formula is C11H25N3. The molecule has 14 heavy (non-hydrogen) atoms. The van der Waals surface area contributed by atoms with Crippen molar-refractivity contribution in [3.63, 3.8) is 0 Å². The van der Waals surface area contributed by atoms with Gasteiger partial charge in [-0.3, -0.25) is 5.41 Å². The number of hydrogen-bond acceptors (Lipinski definition) is 2. The van der Waals surface area contributed by atoms with Crippen LogP contribution in [0.25, 0.3) is 0 Å². The Morgan fingerprint density at radius 3 is 2.36 bits per heavy atom. The molecule has 0 saturated heterocycles.